The number of cyclic esters (lactones) is 1. The third kappa shape index (κ3) is 1.82. The summed E-state index contributed by atoms with van der Waals surface area (Å²) < 4.78 is 5.20. The number of nitrogens with one attached hydrogen (secondary N) is 1. The van der Waals surface area contributed by atoms with Crippen molar-refractivity contribution in [1.29, 1.82) is 0 Å². The molecule has 3 heteroatoms. The Morgan fingerprint density at radius 3 is 2.33 bits per heavy atom. The normalized spacial score (nSPS) is 23.4. The summed E-state index contributed by atoms with van der Waals surface area (Å²) in [5, 5.41) is 2.82. The Kier molecular flexibility index (Phi) is 2.18. The van der Waals surface area contributed by atoms with E-state index in [0.29, 0.717) is 0 Å². The molecule has 0 saturated carbocycles. The number of carbonyl (C=O) groups is 1. The average molecular weight is 205 g/mol. The lowest BCUT2D eigenvalue weighted by Crippen LogP contribution is -2.30. The minimum absolute atomic E-state index is 0.0643. The van der Waals surface area contributed by atoms with Crippen molar-refractivity contribution in [3.05, 3.63) is 35.4 Å². The highest BCUT2D eigenvalue weighted by Crippen LogP contribution is 2.33. The molecule has 1 aromatic carbocycles. The molecule has 1 heterocycles. The Hall–Kier alpha value is -1.51. The fraction of sp³-hybridized carbons (Fsp3) is 0.417. The van der Waals surface area contributed by atoms with E-state index < -0.39 is 5.60 Å². The summed E-state index contributed by atoms with van der Waals surface area (Å²) in [6.07, 6.45) is -0.342. The van der Waals surface area contributed by atoms with Crippen LogP contribution in [0, 0.1) is 6.92 Å². The Balaban J connectivity index is 2.31. The van der Waals surface area contributed by atoms with Crippen molar-refractivity contribution in [2.45, 2.75) is 32.4 Å². The van der Waals surface area contributed by atoms with E-state index in [-0.39, 0.29) is 12.1 Å². The number of alkyl carbamates (subject to hydrolysis) is 1. The van der Waals surface area contributed by atoms with E-state index >= 15 is 0 Å². The number of carbonyl (C=O) groups excluding carboxylic acids is 1. The predicted molar refractivity (Wildman–Crippen MR) is 57.6 cm³/mol. The topological polar surface area (TPSA) is 38.3 Å². The van der Waals surface area contributed by atoms with Crippen LogP contribution in [0.2, 0.25) is 0 Å². The van der Waals surface area contributed by atoms with Gasteiger partial charge in [-0.05, 0) is 26.3 Å². The Morgan fingerprint density at radius 2 is 1.87 bits per heavy atom. The van der Waals surface area contributed by atoms with E-state index in [2.05, 4.69) is 5.32 Å². The first kappa shape index (κ1) is 10.0. The van der Waals surface area contributed by atoms with Crippen molar-refractivity contribution in [2.75, 3.05) is 0 Å². The summed E-state index contributed by atoms with van der Waals surface area (Å²) in [7, 11) is 0. The summed E-state index contributed by atoms with van der Waals surface area (Å²) in [4.78, 5) is 11.2. The molecule has 1 aromatic rings. The van der Waals surface area contributed by atoms with Gasteiger partial charge in [0, 0.05) is 0 Å². The molecule has 2 rings (SSSR count). The van der Waals surface area contributed by atoms with Crippen LogP contribution >= 0.6 is 0 Å². The lowest BCUT2D eigenvalue weighted by atomic mass is 9.92. The second-order valence-electron chi connectivity index (χ2n) is 4.48. The van der Waals surface area contributed by atoms with Crippen LogP contribution in [0.15, 0.2) is 24.3 Å². The lowest BCUT2D eigenvalue weighted by molar-refractivity contribution is 0.0684. The zero-order valence-electron chi connectivity index (χ0n) is 9.20. The molecule has 1 atom stereocenters. The summed E-state index contributed by atoms with van der Waals surface area (Å²) >= 11 is 0. The maximum atomic E-state index is 11.2. The second-order valence-corrected chi connectivity index (χ2v) is 4.48. The highest BCUT2D eigenvalue weighted by Gasteiger charge is 2.41. The van der Waals surface area contributed by atoms with Gasteiger partial charge in [-0.15, -0.1) is 0 Å². The largest absolute Gasteiger partial charge is 0.441 e. The lowest BCUT2D eigenvalue weighted by Gasteiger charge is -2.23. The highest BCUT2D eigenvalue weighted by atomic mass is 16.6. The molecular weight excluding hydrogens is 190 g/mol. The van der Waals surface area contributed by atoms with Gasteiger partial charge in [0.05, 0.1) is 6.04 Å². The molecule has 15 heavy (non-hydrogen) atoms. The van der Waals surface area contributed by atoms with Crippen molar-refractivity contribution in [3.63, 3.8) is 0 Å². The molecule has 0 unspecified atom stereocenters. The number of rotatable bonds is 1. The average Bonchev–Trinajstić information content (AvgIpc) is 2.41. The van der Waals surface area contributed by atoms with Crippen LogP contribution in [0.25, 0.3) is 0 Å². The first-order valence-corrected chi connectivity index (χ1v) is 5.05. The third-order valence-corrected chi connectivity index (χ3v) is 2.72. The molecule has 0 radical (unpaired) electrons. The molecule has 3 nitrogen and oxygen atoms in total. The van der Waals surface area contributed by atoms with Gasteiger partial charge < -0.3 is 10.1 Å². The van der Waals surface area contributed by atoms with E-state index in [9.17, 15) is 4.79 Å². The maximum Gasteiger partial charge on any atom is 0.408 e. The molecule has 0 spiro atoms. The Bertz CT molecular complexity index is 381. The predicted octanol–water partition coefficient (Wildman–Crippen LogP) is 2.55. The van der Waals surface area contributed by atoms with Crippen molar-refractivity contribution in [2.24, 2.45) is 0 Å². The van der Waals surface area contributed by atoms with Gasteiger partial charge in [0.2, 0.25) is 0 Å². The van der Waals surface area contributed by atoms with Crippen LogP contribution in [0.1, 0.15) is 31.0 Å². The first-order chi connectivity index (χ1) is 6.99. The van der Waals surface area contributed by atoms with Crippen molar-refractivity contribution in [3.8, 4) is 0 Å². The molecule has 0 aliphatic carbocycles. The highest BCUT2D eigenvalue weighted by molar-refractivity contribution is 5.71. The van der Waals surface area contributed by atoms with Crippen LogP contribution in [0.3, 0.4) is 0 Å². The minimum atomic E-state index is -0.480. The van der Waals surface area contributed by atoms with Gasteiger partial charge in [0.1, 0.15) is 5.60 Å². The van der Waals surface area contributed by atoms with Crippen LogP contribution in [-0.4, -0.2) is 11.7 Å². The quantitative estimate of drug-likeness (QED) is 0.765. The van der Waals surface area contributed by atoms with Gasteiger partial charge >= 0.3 is 6.09 Å². The van der Waals surface area contributed by atoms with Crippen molar-refractivity contribution < 1.29 is 9.53 Å². The zero-order chi connectivity index (χ0) is 11.1. The van der Waals surface area contributed by atoms with Crippen molar-refractivity contribution in [1.82, 2.24) is 5.32 Å². The smallest absolute Gasteiger partial charge is 0.408 e. The molecule has 0 aromatic heterocycles. The molecular formula is C12H15NO2. The number of aryl methyl sites for hydroxylation is 1. The Labute approximate surface area is 89.4 Å². The summed E-state index contributed by atoms with van der Waals surface area (Å²) in [5.41, 5.74) is 1.81. The van der Waals surface area contributed by atoms with E-state index in [1.54, 1.807) is 0 Å². The van der Waals surface area contributed by atoms with E-state index in [1.165, 1.54) is 5.56 Å². The SMILES string of the molecule is Cc1ccc([C@@H]2NC(=O)OC2(C)C)cc1. The van der Waals surface area contributed by atoms with Gasteiger partial charge in [-0.1, -0.05) is 29.8 Å². The van der Waals surface area contributed by atoms with Crippen LogP contribution in [0.5, 0.6) is 0 Å². The number of benzene rings is 1. The van der Waals surface area contributed by atoms with E-state index in [0.717, 1.165) is 5.56 Å². The molecule has 1 aliphatic rings. The molecule has 1 amide bonds. The fourth-order valence-electron chi connectivity index (χ4n) is 1.86. The monoisotopic (exact) mass is 205 g/mol. The minimum Gasteiger partial charge on any atom is -0.441 e. The summed E-state index contributed by atoms with van der Waals surface area (Å²) in [6.45, 7) is 5.86. The number of hydrogen-bond donors (Lipinski definition) is 1. The van der Waals surface area contributed by atoms with E-state index in [4.69, 9.17) is 4.74 Å². The van der Waals surface area contributed by atoms with Gasteiger partial charge in [0.25, 0.3) is 0 Å². The standard InChI is InChI=1S/C12H15NO2/c1-8-4-6-9(7-5-8)10-12(2,3)15-11(14)13-10/h4-7,10H,1-3H3,(H,13,14)/t10-/m0/s1. The van der Waals surface area contributed by atoms with Crippen LogP contribution < -0.4 is 5.32 Å². The van der Waals surface area contributed by atoms with Gasteiger partial charge in [-0.2, -0.15) is 0 Å². The second kappa shape index (κ2) is 3.26. The maximum absolute atomic E-state index is 11.2. The summed E-state index contributed by atoms with van der Waals surface area (Å²) in [5.74, 6) is 0. The van der Waals surface area contributed by atoms with Crippen molar-refractivity contribution >= 4 is 6.09 Å². The first-order valence-electron chi connectivity index (χ1n) is 5.05. The molecule has 0 bridgehead atoms. The number of amides is 1. The molecule has 80 valence electrons. The van der Waals surface area contributed by atoms with Crippen LogP contribution in [0.4, 0.5) is 4.79 Å². The number of ether oxygens (including phenoxy) is 1. The number of hydrogen-bond acceptors (Lipinski definition) is 2. The summed E-state index contributed by atoms with van der Waals surface area (Å²) in [6, 6.07) is 8.06. The Morgan fingerprint density at radius 1 is 1.27 bits per heavy atom. The van der Waals surface area contributed by atoms with E-state index in [1.807, 2.05) is 45.0 Å². The molecule has 1 fully saturated rings. The molecule has 1 saturated heterocycles. The van der Waals surface area contributed by atoms with Crippen LogP contribution in [-0.2, 0) is 4.74 Å². The molecule has 1 aliphatic heterocycles. The third-order valence-electron chi connectivity index (χ3n) is 2.72. The van der Waals surface area contributed by atoms with Gasteiger partial charge in [0.15, 0.2) is 0 Å². The fourth-order valence-corrected chi connectivity index (χ4v) is 1.86. The van der Waals surface area contributed by atoms with Gasteiger partial charge in [-0.25, -0.2) is 4.79 Å². The zero-order valence-corrected chi connectivity index (χ0v) is 9.20. The molecule has 1 N–H and O–H groups in total. The van der Waals surface area contributed by atoms with Gasteiger partial charge in [-0.3, -0.25) is 0 Å².